The average molecular weight is 680 g/mol. The van der Waals surface area contributed by atoms with E-state index >= 15 is 0 Å². The summed E-state index contributed by atoms with van der Waals surface area (Å²) in [5.74, 6) is -0.374. The Morgan fingerprint density at radius 2 is 1.13 bits per heavy atom. The summed E-state index contributed by atoms with van der Waals surface area (Å²) in [7, 11) is 3.16. The van der Waals surface area contributed by atoms with Crippen LogP contribution in [-0.2, 0) is 0 Å². The zero-order valence-electron chi connectivity index (χ0n) is 24.3. The lowest BCUT2D eigenvalue weighted by Crippen LogP contribution is -2.56. The van der Waals surface area contributed by atoms with E-state index in [-0.39, 0.29) is 48.0 Å². The van der Waals surface area contributed by atoms with E-state index in [0.717, 1.165) is 15.9 Å². The van der Waals surface area contributed by atoms with Gasteiger partial charge in [0.1, 0.15) is 23.5 Å². The van der Waals surface area contributed by atoms with Gasteiger partial charge in [-0.1, -0.05) is 30.3 Å². The van der Waals surface area contributed by atoms with Crippen LogP contribution in [0.1, 0.15) is 45.9 Å². The number of aliphatic hydroxyl groups is 2. The van der Waals surface area contributed by atoms with Crippen molar-refractivity contribution in [2.75, 3.05) is 14.1 Å². The summed E-state index contributed by atoms with van der Waals surface area (Å²) >= 11 is 3.44. The molecule has 2 aromatic heterocycles. The van der Waals surface area contributed by atoms with Crippen LogP contribution in [0, 0.1) is 0 Å². The SMILES string of the molecule is CN1C(=O)N[C@H]2[C@@H]3NC(=O)c4ccc(-c5ccccc5)n4[C@@H]3C[C@]21O.CN1C(=O)N[C@H]2[C@@H]3NC(=O)c4ccc(Br)n4[C@@H]3C[C@]21O. The van der Waals surface area contributed by atoms with Gasteiger partial charge in [-0.2, -0.15) is 0 Å². The minimum absolute atomic E-state index is 0.0925. The molecule has 4 fully saturated rings. The highest BCUT2D eigenvalue weighted by molar-refractivity contribution is 9.10. The number of carbonyl (C=O) groups is 4. The lowest BCUT2D eigenvalue weighted by atomic mass is 10.0. The molecule has 45 heavy (non-hydrogen) atoms. The van der Waals surface area contributed by atoms with Gasteiger partial charge in [-0.25, -0.2) is 9.59 Å². The second-order valence-corrected chi connectivity index (χ2v) is 13.3. The second kappa shape index (κ2) is 9.34. The molecule has 0 spiro atoms. The van der Waals surface area contributed by atoms with E-state index in [0.29, 0.717) is 24.2 Å². The Bertz CT molecular complexity index is 1790. The number of amides is 6. The van der Waals surface area contributed by atoms with E-state index in [2.05, 4.69) is 37.2 Å². The zero-order valence-corrected chi connectivity index (χ0v) is 25.9. The van der Waals surface area contributed by atoms with E-state index in [1.807, 2.05) is 57.7 Å². The lowest BCUT2D eigenvalue weighted by Gasteiger charge is -2.33. The Labute approximate surface area is 265 Å². The molecule has 14 nitrogen and oxygen atoms in total. The first kappa shape index (κ1) is 28.2. The largest absolute Gasteiger partial charge is 0.368 e. The van der Waals surface area contributed by atoms with Gasteiger partial charge in [-0.15, -0.1) is 0 Å². The van der Waals surface area contributed by atoms with Gasteiger partial charge in [-0.05, 0) is 45.8 Å². The molecule has 8 atom stereocenters. The molecule has 0 unspecified atom stereocenters. The Hall–Kier alpha value is -4.34. The molecule has 2 aliphatic carbocycles. The maximum absolute atomic E-state index is 12.6. The van der Waals surface area contributed by atoms with Crippen LogP contribution in [0.2, 0.25) is 0 Å². The van der Waals surface area contributed by atoms with Crippen molar-refractivity contribution >= 4 is 39.8 Å². The summed E-state index contributed by atoms with van der Waals surface area (Å²) < 4.78 is 4.70. The minimum atomic E-state index is -1.31. The number of benzene rings is 1. The van der Waals surface area contributed by atoms with Gasteiger partial charge in [0.15, 0.2) is 11.4 Å². The molecule has 234 valence electrons. The van der Waals surface area contributed by atoms with Crippen molar-refractivity contribution in [3.63, 3.8) is 0 Å². The Morgan fingerprint density at radius 3 is 1.69 bits per heavy atom. The fourth-order valence-corrected chi connectivity index (χ4v) is 8.74. The number of likely N-dealkylation sites (N-methyl/N-ethyl adjacent to an activating group) is 2. The molecular formula is C30H31BrN8O6. The van der Waals surface area contributed by atoms with Gasteiger partial charge in [0.2, 0.25) is 0 Å². The number of urea groups is 2. The van der Waals surface area contributed by atoms with Crippen LogP contribution < -0.4 is 21.3 Å². The van der Waals surface area contributed by atoms with Crippen molar-refractivity contribution in [3.8, 4) is 11.3 Å². The van der Waals surface area contributed by atoms with Crippen LogP contribution in [0.3, 0.4) is 0 Å². The molecule has 0 bridgehead atoms. The maximum Gasteiger partial charge on any atom is 0.319 e. The smallest absolute Gasteiger partial charge is 0.319 e. The first-order chi connectivity index (χ1) is 21.4. The second-order valence-electron chi connectivity index (χ2n) is 12.5. The number of hydrogen-bond donors (Lipinski definition) is 6. The number of rotatable bonds is 1. The van der Waals surface area contributed by atoms with E-state index in [9.17, 15) is 29.4 Å². The highest BCUT2D eigenvalue weighted by atomic mass is 79.9. The summed E-state index contributed by atoms with van der Waals surface area (Å²) in [6.07, 6.45) is 0.734. The van der Waals surface area contributed by atoms with Gasteiger partial charge in [0.05, 0.1) is 28.8 Å². The molecule has 1 aromatic carbocycles. The zero-order chi connectivity index (χ0) is 31.6. The summed E-state index contributed by atoms with van der Waals surface area (Å²) in [6, 6.07) is 14.6. The van der Waals surface area contributed by atoms with Crippen molar-refractivity contribution in [2.45, 2.75) is 60.5 Å². The third-order valence-electron chi connectivity index (χ3n) is 10.5. The highest BCUT2D eigenvalue weighted by Gasteiger charge is 2.64. The van der Waals surface area contributed by atoms with Crippen LogP contribution in [0.5, 0.6) is 0 Å². The fourth-order valence-electron chi connectivity index (χ4n) is 8.15. The molecule has 6 aliphatic rings. The topological polar surface area (TPSA) is 173 Å². The number of nitrogens with zero attached hydrogens (tertiary/aromatic N) is 4. The fraction of sp³-hybridized carbons (Fsp3) is 0.400. The summed E-state index contributed by atoms with van der Waals surface area (Å²) in [5, 5.41) is 33.4. The standard InChI is InChI=1S/C18H18N4O3.C12H13BrN4O3/c1-21-17(24)20-15-14-13(9-18(15,21)25)22-11(10-5-3-2-4-6-10)7-8-12(22)16(23)19-14;1-16-11(19)15-9-8-6(4-12(9,16)20)17-5(10(18)14-8)2-3-7(17)13/h2-8,13-15,25H,9H2,1H3,(H,19,23)(H,20,24);2-3,6,8-9,20H,4H2,1H3,(H,14,18)(H,15,19)/t13-,14-,15+,18+;6-,8-,9+,12+/m11/s1. The predicted molar refractivity (Wildman–Crippen MR) is 162 cm³/mol. The molecule has 6 amide bonds. The van der Waals surface area contributed by atoms with Crippen LogP contribution in [0.15, 0.2) is 59.2 Å². The molecule has 2 saturated heterocycles. The van der Waals surface area contributed by atoms with Crippen molar-refractivity contribution in [2.24, 2.45) is 0 Å². The number of fused-ring (bicyclic) bond motifs is 10. The number of carbonyl (C=O) groups excluding carboxylic acids is 4. The van der Waals surface area contributed by atoms with E-state index in [4.69, 9.17) is 0 Å². The van der Waals surface area contributed by atoms with Crippen LogP contribution in [0.25, 0.3) is 11.3 Å². The lowest BCUT2D eigenvalue weighted by molar-refractivity contribution is -0.0566. The monoisotopic (exact) mass is 678 g/mol. The van der Waals surface area contributed by atoms with Crippen molar-refractivity contribution in [1.82, 2.24) is 40.2 Å². The Morgan fingerprint density at radius 1 is 0.667 bits per heavy atom. The molecule has 6 heterocycles. The van der Waals surface area contributed by atoms with Gasteiger partial charge < -0.3 is 40.6 Å². The van der Waals surface area contributed by atoms with Crippen LogP contribution >= 0.6 is 15.9 Å². The van der Waals surface area contributed by atoms with Crippen LogP contribution in [0.4, 0.5) is 9.59 Å². The van der Waals surface area contributed by atoms with Gasteiger partial charge >= 0.3 is 12.1 Å². The number of halogens is 1. The van der Waals surface area contributed by atoms with Gasteiger partial charge in [0.25, 0.3) is 11.8 Å². The molecule has 4 aliphatic heterocycles. The Kier molecular flexibility index (Phi) is 5.84. The molecule has 0 radical (unpaired) electrons. The number of aromatic nitrogens is 2. The highest BCUT2D eigenvalue weighted by Crippen LogP contribution is 2.48. The molecule has 2 saturated carbocycles. The quantitative estimate of drug-likeness (QED) is 0.224. The van der Waals surface area contributed by atoms with Crippen molar-refractivity contribution in [1.29, 1.82) is 0 Å². The normalized spacial score (nSPS) is 35.1. The molecular weight excluding hydrogens is 648 g/mol. The van der Waals surface area contributed by atoms with Crippen LogP contribution in [-0.4, -0.2) is 103 Å². The number of nitrogens with one attached hydrogen (secondary N) is 4. The van der Waals surface area contributed by atoms with Crippen molar-refractivity contribution in [3.05, 3.63) is 70.6 Å². The first-order valence-electron chi connectivity index (χ1n) is 14.7. The molecule has 6 N–H and O–H groups in total. The number of hydrogen-bond acceptors (Lipinski definition) is 6. The first-order valence-corrected chi connectivity index (χ1v) is 15.5. The average Bonchev–Trinajstić information content (AvgIpc) is 3.83. The summed E-state index contributed by atoms with van der Waals surface area (Å²) in [5.41, 5.74) is 0.528. The molecule has 9 rings (SSSR count). The third-order valence-corrected chi connectivity index (χ3v) is 11.1. The third kappa shape index (κ3) is 3.68. The van der Waals surface area contributed by atoms with Gasteiger partial charge in [0, 0.05) is 32.6 Å². The minimum Gasteiger partial charge on any atom is -0.368 e. The van der Waals surface area contributed by atoms with Crippen molar-refractivity contribution < 1.29 is 29.4 Å². The van der Waals surface area contributed by atoms with E-state index in [1.54, 1.807) is 20.2 Å². The van der Waals surface area contributed by atoms with E-state index < -0.39 is 23.5 Å². The Balaban J connectivity index is 0.000000137. The van der Waals surface area contributed by atoms with Gasteiger partial charge in [-0.3, -0.25) is 19.4 Å². The summed E-state index contributed by atoms with van der Waals surface area (Å²) in [6.45, 7) is 0. The predicted octanol–water partition coefficient (Wildman–Crippen LogP) is 0.944. The molecule has 3 aromatic rings. The summed E-state index contributed by atoms with van der Waals surface area (Å²) in [4.78, 5) is 51.1. The molecule has 15 heteroatoms. The van der Waals surface area contributed by atoms with E-state index in [1.165, 1.54) is 9.80 Å². The maximum atomic E-state index is 12.6.